The molecule has 2 N–H and O–H groups in total. The number of aryl methyl sites for hydroxylation is 1. The predicted octanol–water partition coefficient (Wildman–Crippen LogP) is 3.90. The van der Waals surface area contributed by atoms with Crippen LogP contribution in [-0.2, 0) is 0 Å². The number of nitrogen functional groups attached to an aromatic ring is 1. The van der Waals surface area contributed by atoms with E-state index >= 15 is 0 Å². The second-order valence-corrected chi connectivity index (χ2v) is 6.82. The zero-order valence-corrected chi connectivity index (χ0v) is 13.1. The standard InChI is InChI=1S/C16H28BN/c1-11(2)16(5,6)10-17(7)14-8-12(3)9-15(18)13(14)4/h8-9,11H,10,18H2,1-7H3. The van der Waals surface area contributed by atoms with Gasteiger partial charge in [-0.1, -0.05) is 52.4 Å². The molecule has 0 atom stereocenters. The van der Waals surface area contributed by atoms with Crippen molar-refractivity contribution in [2.75, 3.05) is 5.73 Å². The molecule has 0 fully saturated rings. The Morgan fingerprint density at radius 2 is 1.78 bits per heavy atom. The Bertz CT molecular complexity index is 421. The minimum atomic E-state index is 0.365. The summed E-state index contributed by atoms with van der Waals surface area (Å²) in [5, 5.41) is 0. The normalized spacial score (nSPS) is 12.0. The molecule has 18 heavy (non-hydrogen) atoms. The summed E-state index contributed by atoms with van der Waals surface area (Å²) in [4.78, 5) is 0. The lowest BCUT2D eigenvalue weighted by atomic mass is 9.39. The minimum absolute atomic E-state index is 0.365. The first-order valence-electron chi connectivity index (χ1n) is 7.01. The molecule has 0 bridgehead atoms. The van der Waals surface area contributed by atoms with E-state index in [-0.39, 0.29) is 0 Å². The number of anilines is 1. The monoisotopic (exact) mass is 245 g/mol. The zero-order valence-electron chi connectivity index (χ0n) is 13.1. The van der Waals surface area contributed by atoms with Gasteiger partial charge in [0, 0.05) is 5.69 Å². The number of benzene rings is 1. The zero-order chi connectivity index (χ0) is 14.1. The van der Waals surface area contributed by atoms with Crippen molar-refractivity contribution < 1.29 is 0 Å². The molecule has 0 heterocycles. The molecule has 0 radical (unpaired) electrons. The van der Waals surface area contributed by atoms with E-state index in [0.29, 0.717) is 18.0 Å². The Morgan fingerprint density at radius 1 is 1.22 bits per heavy atom. The van der Waals surface area contributed by atoms with Gasteiger partial charge in [0.1, 0.15) is 0 Å². The average Bonchev–Trinajstić information content (AvgIpc) is 2.22. The van der Waals surface area contributed by atoms with Gasteiger partial charge in [-0.2, -0.15) is 0 Å². The molecule has 0 aromatic heterocycles. The maximum atomic E-state index is 6.08. The predicted molar refractivity (Wildman–Crippen MR) is 85.0 cm³/mol. The Hall–Kier alpha value is -0.915. The molecule has 0 aliphatic rings. The molecule has 2 heteroatoms. The van der Waals surface area contributed by atoms with Crippen LogP contribution in [0.5, 0.6) is 0 Å². The molecule has 1 nitrogen and oxygen atoms in total. The second-order valence-electron chi connectivity index (χ2n) is 6.82. The molecule has 1 aromatic rings. The van der Waals surface area contributed by atoms with Crippen LogP contribution in [0.2, 0.25) is 13.1 Å². The van der Waals surface area contributed by atoms with E-state index in [9.17, 15) is 0 Å². The molecule has 0 spiro atoms. The third-order valence-corrected chi connectivity index (χ3v) is 4.56. The molecule has 0 saturated carbocycles. The van der Waals surface area contributed by atoms with Crippen LogP contribution in [0.1, 0.15) is 38.8 Å². The van der Waals surface area contributed by atoms with E-state index in [0.717, 1.165) is 5.69 Å². The highest BCUT2D eigenvalue weighted by Crippen LogP contribution is 2.32. The summed E-state index contributed by atoms with van der Waals surface area (Å²) < 4.78 is 0. The van der Waals surface area contributed by atoms with Gasteiger partial charge >= 0.3 is 0 Å². The molecule has 1 aromatic carbocycles. The molecule has 100 valence electrons. The topological polar surface area (TPSA) is 26.0 Å². The van der Waals surface area contributed by atoms with Crippen molar-refractivity contribution in [1.82, 2.24) is 0 Å². The Morgan fingerprint density at radius 3 is 2.28 bits per heavy atom. The smallest absolute Gasteiger partial charge is 0.173 e. The largest absolute Gasteiger partial charge is 0.399 e. The van der Waals surface area contributed by atoms with Gasteiger partial charge in [-0.25, -0.2) is 0 Å². The number of nitrogens with two attached hydrogens (primary N) is 1. The van der Waals surface area contributed by atoms with E-state index in [4.69, 9.17) is 5.73 Å². The first-order chi connectivity index (χ1) is 8.15. The van der Waals surface area contributed by atoms with Crippen molar-refractivity contribution in [1.29, 1.82) is 0 Å². The van der Waals surface area contributed by atoms with E-state index in [2.05, 4.69) is 60.5 Å². The van der Waals surface area contributed by atoms with Crippen molar-refractivity contribution in [3.05, 3.63) is 23.3 Å². The molecule has 0 unspecified atom stereocenters. The van der Waals surface area contributed by atoms with E-state index in [1.165, 1.54) is 22.9 Å². The van der Waals surface area contributed by atoms with Gasteiger partial charge in [0.25, 0.3) is 0 Å². The van der Waals surface area contributed by atoms with E-state index in [1.807, 2.05) is 0 Å². The second kappa shape index (κ2) is 5.38. The van der Waals surface area contributed by atoms with Crippen LogP contribution in [0.3, 0.4) is 0 Å². The summed E-state index contributed by atoms with van der Waals surface area (Å²) in [5.74, 6) is 0.697. The fourth-order valence-electron chi connectivity index (χ4n) is 2.56. The Labute approximate surface area is 113 Å². The van der Waals surface area contributed by atoms with Gasteiger partial charge in [-0.3, -0.25) is 0 Å². The summed E-state index contributed by atoms with van der Waals surface area (Å²) in [6.07, 6.45) is 1.20. The number of hydrogen-bond acceptors (Lipinski definition) is 1. The maximum Gasteiger partial charge on any atom is 0.173 e. The third-order valence-electron chi connectivity index (χ3n) is 4.56. The van der Waals surface area contributed by atoms with Gasteiger partial charge in [-0.05, 0) is 42.4 Å². The Balaban J connectivity index is 3.01. The van der Waals surface area contributed by atoms with Crippen LogP contribution in [-0.4, -0.2) is 6.71 Å². The van der Waals surface area contributed by atoms with Gasteiger partial charge in [0.05, 0.1) is 0 Å². The molecule has 1 rings (SSSR count). The highest BCUT2D eigenvalue weighted by molar-refractivity contribution is 6.72. The number of hydrogen-bond donors (Lipinski definition) is 1. The van der Waals surface area contributed by atoms with Crippen molar-refractivity contribution in [2.24, 2.45) is 11.3 Å². The summed E-state index contributed by atoms with van der Waals surface area (Å²) in [5.41, 5.74) is 11.3. The van der Waals surface area contributed by atoms with Crippen LogP contribution in [0, 0.1) is 25.2 Å². The van der Waals surface area contributed by atoms with E-state index < -0.39 is 0 Å². The summed E-state index contributed by atoms with van der Waals surface area (Å²) in [6.45, 7) is 16.5. The first-order valence-corrected chi connectivity index (χ1v) is 7.01. The Kier molecular flexibility index (Phi) is 4.53. The maximum absolute atomic E-state index is 6.08. The van der Waals surface area contributed by atoms with Gasteiger partial charge in [0.2, 0.25) is 0 Å². The highest BCUT2D eigenvalue weighted by Gasteiger charge is 2.28. The van der Waals surface area contributed by atoms with Crippen LogP contribution in [0.4, 0.5) is 5.69 Å². The van der Waals surface area contributed by atoms with Crippen molar-refractivity contribution in [2.45, 2.75) is 54.7 Å². The third kappa shape index (κ3) is 3.31. The lowest BCUT2D eigenvalue weighted by molar-refractivity contribution is 0.282. The summed E-state index contributed by atoms with van der Waals surface area (Å²) in [6, 6.07) is 4.37. The van der Waals surface area contributed by atoms with Crippen LogP contribution < -0.4 is 11.2 Å². The SMILES string of the molecule is CB(CC(C)(C)C(C)C)c1cc(C)cc(N)c1C. The van der Waals surface area contributed by atoms with E-state index in [1.54, 1.807) is 0 Å². The minimum Gasteiger partial charge on any atom is -0.399 e. The summed E-state index contributed by atoms with van der Waals surface area (Å²) in [7, 11) is 0. The first kappa shape index (κ1) is 15.1. The van der Waals surface area contributed by atoms with Crippen molar-refractivity contribution >= 4 is 17.9 Å². The fraction of sp³-hybridized carbons (Fsp3) is 0.625. The van der Waals surface area contributed by atoms with Crippen LogP contribution in [0.15, 0.2) is 12.1 Å². The molecule has 0 saturated heterocycles. The van der Waals surface area contributed by atoms with Gasteiger partial charge in [0.15, 0.2) is 6.71 Å². The average molecular weight is 245 g/mol. The molecule has 0 aliphatic heterocycles. The number of rotatable bonds is 4. The molecular weight excluding hydrogens is 217 g/mol. The van der Waals surface area contributed by atoms with Gasteiger partial charge < -0.3 is 5.73 Å². The molecule has 0 amide bonds. The quantitative estimate of drug-likeness (QED) is 0.631. The lowest BCUT2D eigenvalue weighted by Crippen LogP contribution is -2.36. The summed E-state index contributed by atoms with van der Waals surface area (Å²) >= 11 is 0. The lowest BCUT2D eigenvalue weighted by Gasteiger charge is -2.32. The molecule has 0 aliphatic carbocycles. The molecular formula is C16H28BN. The van der Waals surface area contributed by atoms with Crippen LogP contribution in [0.25, 0.3) is 0 Å². The van der Waals surface area contributed by atoms with Crippen molar-refractivity contribution in [3.8, 4) is 0 Å². The van der Waals surface area contributed by atoms with Crippen LogP contribution >= 0.6 is 0 Å². The van der Waals surface area contributed by atoms with Crippen molar-refractivity contribution in [3.63, 3.8) is 0 Å². The highest BCUT2D eigenvalue weighted by atomic mass is 14.6. The fourth-order valence-corrected chi connectivity index (χ4v) is 2.56. The van der Waals surface area contributed by atoms with Gasteiger partial charge in [-0.15, -0.1) is 0 Å².